The van der Waals surface area contributed by atoms with Crippen molar-refractivity contribution in [1.29, 1.82) is 0 Å². The zero-order valence-corrected chi connectivity index (χ0v) is 25.6. The first-order chi connectivity index (χ1) is 19.9. The van der Waals surface area contributed by atoms with Crippen LogP contribution in [-0.2, 0) is 26.2 Å². The van der Waals surface area contributed by atoms with Crippen LogP contribution in [0, 0.1) is 12.7 Å². The van der Waals surface area contributed by atoms with Crippen LogP contribution in [0.5, 0.6) is 11.5 Å². The number of benzene rings is 3. The quantitative estimate of drug-likeness (QED) is 0.306. The molecule has 226 valence electrons. The summed E-state index contributed by atoms with van der Waals surface area (Å²) >= 11 is 0. The Labute approximate surface area is 247 Å². The van der Waals surface area contributed by atoms with Crippen molar-refractivity contribution < 1.29 is 31.9 Å². The smallest absolute Gasteiger partial charge is 0.264 e. The predicted molar refractivity (Wildman–Crippen MR) is 160 cm³/mol. The highest BCUT2D eigenvalue weighted by molar-refractivity contribution is 7.92. The SMILES string of the molecule is CC[C@@H](C)NC(=O)[C@H](C)N(Cc1ccc(C)cc1)C(=O)CN(c1ccc(F)cc1)S(=O)(=O)c1ccc(OC)c(OC)c1. The van der Waals surface area contributed by atoms with E-state index < -0.39 is 34.3 Å². The Kier molecular flexibility index (Phi) is 10.9. The summed E-state index contributed by atoms with van der Waals surface area (Å²) in [6, 6.07) is 15.3. The van der Waals surface area contributed by atoms with E-state index in [9.17, 15) is 22.4 Å². The van der Waals surface area contributed by atoms with Gasteiger partial charge in [-0.1, -0.05) is 36.8 Å². The topological polar surface area (TPSA) is 105 Å². The van der Waals surface area contributed by atoms with Gasteiger partial charge in [0, 0.05) is 18.7 Å². The van der Waals surface area contributed by atoms with Crippen LogP contribution in [0.15, 0.2) is 71.6 Å². The van der Waals surface area contributed by atoms with Crippen molar-refractivity contribution in [2.24, 2.45) is 0 Å². The van der Waals surface area contributed by atoms with Gasteiger partial charge >= 0.3 is 0 Å². The molecule has 11 heteroatoms. The van der Waals surface area contributed by atoms with Gasteiger partial charge in [-0.2, -0.15) is 0 Å². The van der Waals surface area contributed by atoms with Gasteiger partial charge in [-0.05, 0) is 69.2 Å². The van der Waals surface area contributed by atoms with Crippen LogP contribution >= 0.6 is 0 Å². The van der Waals surface area contributed by atoms with Crippen molar-refractivity contribution in [2.75, 3.05) is 25.1 Å². The van der Waals surface area contributed by atoms with Crippen molar-refractivity contribution in [3.63, 3.8) is 0 Å². The van der Waals surface area contributed by atoms with E-state index in [1.165, 1.54) is 49.5 Å². The number of amides is 2. The fourth-order valence-electron chi connectivity index (χ4n) is 4.18. The van der Waals surface area contributed by atoms with E-state index in [2.05, 4.69) is 5.32 Å². The Balaban J connectivity index is 2.06. The molecular formula is C31H38FN3O6S. The number of nitrogens with one attached hydrogen (secondary N) is 1. The lowest BCUT2D eigenvalue weighted by molar-refractivity contribution is -0.139. The molecule has 0 aliphatic carbocycles. The standard InChI is InChI=1S/C31H38FN3O6S/c1-7-22(3)33-31(37)23(4)34(19-24-10-8-21(2)9-11-24)30(36)20-35(26-14-12-25(32)13-15-26)42(38,39)27-16-17-28(40-5)29(18-27)41-6/h8-18,22-23H,7,19-20H2,1-6H3,(H,33,37)/t22-,23+/m1/s1. The molecule has 0 unspecified atom stereocenters. The Bertz CT molecular complexity index is 1480. The number of ether oxygens (including phenoxy) is 2. The molecule has 3 rings (SSSR count). The summed E-state index contributed by atoms with van der Waals surface area (Å²) in [5, 5.41) is 2.90. The maximum absolute atomic E-state index is 14.0. The summed E-state index contributed by atoms with van der Waals surface area (Å²) in [6.45, 7) is 6.77. The van der Waals surface area contributed by atoms with Gasteiger partial charge in [0.25, 0.3) is 10.0 Å². The van der Waals surface area contributed by atoms with Crippen molar-refractivity contribution in [2.45, 2.75) is 57.6 Å². The molecule has 0 saturated heterocycles. The third-order valence-electron chi connectivity index (χ3n) is 6.98. The first-order valence-corrected chi connectivity index (χ1v) is 15.0. The lowest BCUT2D eigenvalue weighted by Crippen LogP contribution is -2.52. The van der Waals surface area contributed by atoms with Gasteiger partial charge < -0.3 is 19.7 Å². The fourth-order valence-corrected chi connectivity index (χ4v) is 5.61. The number of hydrogen-bond acceptors (Lipinski definition) is 6. The molecular weight excluding hydrogens is 561 g/mol. The molecule has 0 spiro atoms. The first-order valence-electron chi connectivity index (χ1n) is 13.6. The Morgan fingerprint density at radius 1 is 0.929 bits per heavy atom. The number of methoxy groups -OCH3 is 2. The summed E-state index contributed by atoms with van der Waals surface area (Å²) in [4.78, 5) is 28.3. The van der Waals surface area contributed by atoms with E-state index in [1.807, 2.05) is 45.0 Å². The lowest BCUT2D eigenvalue weighted by atomic mass is 10.1. The van der Waals surface area contributed by atoms with Gasteiger partial charge in [0.1, 0.15) is 18.4 Å². The zero-order valence-electron chi connectivity index (χ0n) is 24.8. The van der Waals surface area contributed by atoms with Gasteiger partial charge in [-0.3, -0.25) is 13.9 Å². The number of carbonyl (C=O) groups excluding carboxylic acids is 2. The molecule has 0 radical (unpaired) electrons. The second-order valence-corrected chi connectivity index (χ2v) is 11.9. The number of hydrogen-bond donors (Lipinski definition) is 1. The highest BCUT2D eigenvalue weighted by Crippen LogP contribution is 2.32. The van der Waals surface area contributed by atoms with E-state index in [0.29, 0.717) is 12.2 Å². The largest absolute Gasteiger partial charge is 0.493 e. The lowest BCUT2D eigenvalue weighted by Gasteiger charge is -2.32. The monoisotopic (exact) mass is 599 g/mol. The van der Waals surface area contributed by atoms with Crippen LogP contribution in [0.3, 0.4) is 0 Å². The van der Waals surface area contributed by atoms with E-state index in [0.717, 1.165) is 27.6 Å². The summed E-state index contributed by atoms with van der Waals surface area (Å²) in [6.07, 6.45) is 0.701. The fraction of sp³-hybridized carbons (Fsp3) is 0.355. The van der Waals surface area contributed by atoms with Gasteiger partial charge in [0.15, 0.2) is 11.5 Å². The molecule has 0 fully saturated rings. The second-order valence-electron chi connectivity index (χ2n) is 10.0. The average molecular weight is 600 g/mol. The molecule has 0 aliphatic heterocycles. The Morgan fingerprint density at radius 2 is 1.55 bits per heavy atom. The summed E-state index contributed by atoms with van der Waals surface area (Å²) in [5.74, 6) is -1.03. The normalized spacial score (nSPS) is 12.6. The molecule has 42 heavy (non-hydrogen) atoms. The van der Waals surface area contributed by atoms with Crippen molar-refractivity contribution in [1.82, 2.24) is 10.2 Å². The highest BCUT2D eigenvalue weighted by Gasteiger charge is 2.33. The third kappa shape index (κ3) is 7.79. The number of nitrogens with zero attached hydrogens (tertiary/aromatic N) is 2. The van der Waals surface area contributed by atoms with E-state index in [-0.39, 0.29) is 34.8 Å². The predicted octanol–water partition coefficient (Wildman–Crippen LogP) is 4.68. The molecule has 0 aliphatic rings. The second kappa shape index (κ2) is 14.2. The van der Waals surface area contributed by atoms with Gasteiger partial charge in [0.2, 0.25) is 11.8 Å². The van der Waals surface area contributed by atoms with Gasteiger partial charge in [-0.25, -0.2) is 12.8 Å². The van der Waals surface area contributed by atoms with Crippen LogP contribution in [-0.4, -0.2) is 58.0 Å². The number of halogens is 1. The van der Waals surface area contributed by atoms with Crippen LogP contribution in [0.4, 0.5) is 10.1 Å². The van der Waals surface area contributed by atoms with Crippen LogP contribution in [0.25, 0.3) is 0 Å². The molecule has 2 amide bonds. The zero-order chi connectivity index (χ0) is 31.0. The van der Waals surface area contributed by atoms with Crippen molar-refractivity contribution >= 4 is 27.5 Å². The van der Waals surface area contributed by atoms with Crippen LogP contribution in [0.2, 0.25) is 0 Å². The van der Waals surface area contributed by atoms with Crippen LogP contribution < -0.4 is 19.1 Å². The van der Waals surface area contributed by atoms with E-state index in [4.69, 9.17) is 9.47 Å². The Morgan fingerprint density at radius 3 is 2.12 bits per heavy atom. The Hall–Kier alpha value is -4.12. The highest BCUT2D eigenvalue weighted by atomic mass is 32.2. The molecule has 9 nitrogen and oxygen atoms in total. The van der Waals surface area contributed by atoms with E-state index in [1.54, 1.807) is 6.92 Å². The van der Waals surface area contributed by atoms with Gasteiger partial charge in [-0.15, -0.1) is 0 Å². The molecule has 0 heterocycles. The minimum atomic E-state index is -4.37. The first kappa shape index (κ1) is 32.4. The summed E-state index contributed by atoms with van der Waals surface area (Å²) in [5.41, 5.74) is 1.88. The average Bonchev–Trinajstić information content (AvgIpc) is 2.98. The molecule has 3 aromatic carbocycles. The molecule has 0 saturated carbocycles. The summed E-state index contributed by atoms with van der Waals surface area (Å²) < 4.78 is 53.3. The molecule has 0 aromatic heterocycles. The van der Waals surface area contributed by atoms with Crippen LogP contribution in [0.1, 0.15) is 38.3 Å². The number of rotatable bonds is 13. The molecule has 3 aromatic rings. The third-order valence-corrected chi connectivity index (χ3v) is 8.75. The minimum Gasteiger partial charge on any atom is -0.493 e. The van der Waals surface area contributed by atoms with Crippen molar-refractivity contribution in [3.8, 4) is 11.5 Å². The van der Waals surface area contributed by atoms with Gasteiger partial charge in [0.05, 0.1) is 24.8 Å². The summed E-state index contributed by atoms with van der Waals surface area (Å²) in [7, 11) is -1.57. The molecule has 1 N–H and O–H groups in total. The number of aryl methyl sites for hydroxylation is 1. The molecule has 2 atom stereocenters. The maximum Gasteiger partial charge on any atom is 0.264 e. The van der Waals surface area contributed by atoms with E-state index >= 15 is 0 Å². The minimum absolute atomic E-state index is 0.0713. The number of carbonyl (C=O) groups is 2. The number of anilines is 1. The number of sulfonamides is 1. The van der Waals surface area contributed by atoms with Crippen molar-refractivity contribution in [3.05, 3.63) is 83.7 Å². The molecule has 0 bridgehead atoms. The maximum atomic E-state index is 14.0.